The SMILES string of the molecule is CNC(CCc1ccnn1C)c1cccc(F)c1F. The molecular formula is C14H17F2N3. The first kappa shape index (κ1) is 13.7. The van der Waals surface area contributed by atoms with Gasteiger partial charge in [-0.15, -0.1) is 0 Å². The molecule has 0 saturated heterocycles. The van der Waals surface area contributed by atoms with Crippen LogP contribution in [0.25, 0.3) is 0 Å². The predicted octanol–water partition coefficient (Wildman–Crippen LogP) is 2.59. The number of halogens is 2. The summed E-state index contributed by atoms with van der Waals surface area (Å²) in [7, 11) is 3.62. The zero-order valence-corrected chi connectivity index (χ0v) is 11.0. The largest absolute Gasteiger partial charge is 0.313 e. The Labute approximate surface area is 111 Å². The lowest BCUT2D eigenvalue weighted by molar-refractivity contribution is 0.461. The molecule has 0 aliphatic carbocycles. The molecule has 0 amide bonds. The van der Waals surface area contributed by atoms with E-state index in [4.69, 9.17) is 0 Å². The summed E-state index contributed by atoms with van der Waals surface area (Å²) in [6.45, 7) is 0. The van der Waals surface area contributed by atoms with Gasteiger partial charge in [0, 0.05) is 30.5 Å². The second-order valence-electron chi connectivity index (χ2n) is 4.47. The van der Waals surface area contributed by atoms with E-state index >= 15 is 0 Å². The normalized spacial score (nSPS) is 12.6. The van der Waals surface area contributed by atoms with E-state index in [1.807, 2.05) is 13.1 Å². The number of aryl methyl sites for hydroxylation is 2. The van der Waals surface area contributed by atoms with Crippen molar-refractivity contribution in [2.45, 2.75) is 18.9 Å². The third-order valence-electron chi connectivity index (χ3n) is 3.32. The molecule has 1 N–H and O–H groups in total. The molecule has 0 aliphatic heterocycles. The lowest BCUT2D eigenvalue weighted by atomic mass is 10.0. The fourth-order valence-electron chi connectivity index (χ4n) is 2.18. The van der Waals surface area contributed by atoms with E-state index in [1.54, 1.807) is 24.0 Å². The molecule has 1 atom stereocenters. The quantitative estimate of drug-likeness (QED) is 0.900. The summed E-state index contributed by atoms with van der Waals surface area (Å²) in [5.74, 6) is -1.58. The van der Waals surface area contributed by atoms with Gasteiger partial charge >= 0.3 is 0 Å². The van der Waals surface area contributed by atoms with Crippen molar-refractivity contribution in [2.24, 2.45) is 7.05 Å². The minimum absolute atomic E-state index is 0.217. The average Bonchev–Trinajstić information content (AvgIpc) is 2.80. The van der Waals surface area contributed by atoms with Crippen molar-refractivity contribution in [3.05, 3.63) is 53.4 Å². The number of nitrogens with zero attached hydrogens (tertiary/aromatic N) is 2. The molecule has 1 heterocycles. The number of hydrogen-bond donors (Lipinski definition) is 1. The van der Waals surface area contributed by atoms with Crippen LogP contribution < -0.4 is 5.32 Å². The molecule has 0 spiro atoms. The second-order valence-corrected chi connectivity index (χ2v) is 4.47. The first-order valence-corrected chi connectivity index (χ1v) is 6.21. The summed E-state index contributed by atoms with van der Waals surface area (Å²) in [4.78, 5) is 0. The number of rotatable bonds is 5. The van der Waals surface area contributed by atoms with Gasteiger partial charge in [-0.3, -0.25) is 4.68 Å². The Kier molecular flexibility index (Phi) is 4.27. The molecule has 2 aromatic rings. The maximum Gasteiger partial charge on any atom is 0.163 e. The lowest BCUT2D eigenvalue weighted by Crippen LogP contribution is -2.19. The fourth-order valence-corrected chi connectivity index (χ4v) is 2.18. The van der Waals surface area contributed by atoms with Crippen LogP contribution in [0.2, 0.25) is 0 Å². The minimum atomic E-state index is -0.807. The molecule has 0 radical (unpaired) electrons. The van der Waals surface area contributed by atoms with Gasteiger partial charge in [0.2, 0.25) is 0 Å². The van der Waals surface area contributed by atoms with Crippen molar-refractivity contribution in [3.8, 4) is 0 Å². The zero-order chi connectivity index (χ0) is 13.8. The van der Waals surface area contributed by atoms with Crippen molar-refractivity contribution in [3.63, 3.8) is 0 Å². The third-order valence-corrected chi connectivity index (χ3v) is 3.32. The maximum atomic E-state index is 13.8. The molecule has 1 unspecified atom stereocenters. The van der Waals surface area contributed by atoms with Crippen LogP contribution in [0.4, 0.5) is 8.78 Å². The summed E-state index contributed by atoms with van der Waals surface area (Å²) >= 11 is 0. The highest BCUT2D eigenvalue weighted by Gasteiger charge is 2.17. The van der Waals surface area contributed by atoms with Crippen LogP contribution in [0.15, 0.2) is 30.5 Å². The predicted molar refractivity (Wildman–Crippen MR) is 69.7 cm³/mol. The molecule has 0 fully saturated rings. The second kappa shape index (κ2) is 5.93. The van der Waals surface area contributed by atoms with E-state index in [0.29, 0.717) is 12.0 Å². The maximum absolute atomic E-state index is 13.8. The van der Waals surface area contributed by atoms with Gasteiger partial charge in [0.05, 0.1) is 0 Å². The summed E-state index contributed by atoms with van der Waals surface area (Å²) in [5, 5.41) is 7.12. The highest BCUT2D eigenvalue weighted by molar-refractivity contribution is 5.22. The Morgan fingerprint density at radius 3 is 2.74 bits per heavy atom. The van der Waals surface area contributed by atoms with Crippen molar-refractivity contribution < 1.29 is 8.78 Å². The molecule has 19 heavy (non-hydrogen) atoms. The molecule has 0 saturated carbocycles. The molecular weight excluding hydrogens is 248 g/mol. The van der Waals surface area contributed by atoms with Crippen molar-refractivity contribution in [2.75, 3.05) is 7.05 Å². The van der Waals surface area contributed by atoms with Gasteiger partial charge < -0.3 is 5.32 Å². The molecule has 0 bridgehead atoms. The lowest BCUT2D eigenvalue weighted by Gasteiger charge is -2.17. The van der Waals surface area contributed by atoms with E-state index in [1.165, 1.54) is 6.07 Å². The van der Waals surface area contributed by atoms with Crippen molar-refractivity contribution in [1.82, 2.24) is 15.1 Å². The van der Waals surface area contributed by atoms with Crippen molar-refractivity contribution in [1.29, 1.82) is 0 Å². The van der Waals surface area contributed by atoms with E-state index in [9.17, 15) is 8.78 Å². The van der Waals surface area contributed by atoms with Crippen LogP contribution in [0, 0.1) is 11.6 Å². The van der Waals surface area contributed by atoms with Crippen LogP contribution in [0.3, 0.4) is 0 Å². The van der Waals surface area contributed by atoms with Crippen LogP contribution in [0.5, 0.6) is 0 Å². The summed E-state index contributed by atoms with van der Waals surface area (Å²) in [6, 6.07) is 5.98. The van der Waals surface area contributed by atoms with Gasteiger partial charge in [0.25, 0.3) is 0 Å². The third kappa shape index (κ3) is 2.98. The molecule has 1 aromatic carbocycles. The Balaban J connectivity index is 2.12. The van der Waals surface area contributed by atoms with E-state index in [-0.39, 0.29) is 6.04 Å². The average molecular weight is 265 g/mol. The first-order valence-electron chi connectivity index (χ1n) is 6.21. The minimum Gasteiger partial charge on any atom is -0.313 e. The van der Waals surface area contributed by atoms with Gasteiger partial charge in [-0.1, -0.05) is 12.1 Å². The Morgan fingerprint density at radius 1 is 1.32 bits per heavy atom. The standard InChI is InChI=1S/C14H17F2N3/c1-17-13(7-6-10-8-9-18-19(10)2)11-4-3-5-12(15)14(11)16/h3-5,8-9,13,17H,6-7H2,1-2H3. The van der Waals surface area contributed by atoms with Gasteiger partial charge in [-0.05, 0) is 32.0 Å². The summed E-state index contributed by atoms with van der Waals surface area (Å²) in [6.07, 6.45) is 3.15. The molecule has 102 valence electrons. The van der Waals surface area contributed by atoms with Crippen LogP contribution in [-0.2, 0) is 13.5 Å². The van der Waals surface area contributed by atoms with Crippen molar-refractivity contribution >= 4 is 0 Å². The Morgan fingerprint density at radius 2 is 2.11 bits per heavy atom. The number of benzene rings is 1. The Bertz CT molecular complexity index is 551. The number of aromatic nitrogens is 2. The summed E-state index contributed by atoms with van der Waals surface area (Å²) in [5.41, 5.74) is 1.43. The molecule has 5 heteroatoms. The van der Waals surface area contributed by atoms with Gasteiger partial charge in [-0.2, -0.15) is 5.10 Å². The van der Waals surface area contributed by atoms with Gasteiger partial charge in [0.1, 0.15) is 0 Å². The van der Waals surface area contributed by atoms with E-state index in [2.05, 4.69) is 10.4 Å². The van der Waals surface area contributed by atoms with Gasteiger partial charge in [0.15, 0.2) is 11.6 Å². The zero-order valence-electron chi connectivity index (χ0n) is 11.0. The first-order chi connectivity index (χ1) is 9.13. The monoisotopic (exact) mass is 265 g/mol. The fraction of sp³-hybridized carbons (Fsp3) is 0.357. The number of hydrogen-bond acceptors (Lipinski definition) is 2. The van der Waals surface area contributed by atoms with Gasteiger partial charge in [-0.25, -0.2) is 8.78 Å². The number of nitrogens with one attached hydrogen (secondary N) is 1. The van der Waals surface area contributed by atoms with E-state index in [0.717, 1.165) is 18.2 Å². The molecule has 2 rings (SSSR count). The molecule has 1 aromatic heterocycles. The van der Waals surface area contributed by atoms with Crippen LogP contribution >= 0.6 is 0 Å². The van der Waals surface area contributed by atoms with Crippen LogP contribution in [0.1, 0.15) is 23.7 Å². The smallest absolute Gasteiger partial charge is 0.163 e. The highest BCUT2D eigenvalue weighted by Crippen LogP contribution is 2.23. The van der Waals surface area contributed by atoms with Crippen LogP contribution in [-0.4, -0.2) is 16.8 Å². The highest BCUT2D eigenvalue weighted by atomic mass is 19.2. The summed E-state index contributed by atoms with van der Waals surface area (Å²) < 4.78 is 28.8. The molecule has 3 nitrogen and oxygen atoms in total. The Hall–Kier alpha value is -1.75. The topological polar surface area (TPSA) is 29.9 Å². The van der Waals surface area contributed by atoms with E-state index < -0.39 is 11.6 Å². The molecule has 0 aliphatic rings.